The van der Waals surface area contributed by atoms with Crippen LogP contribution in [0.4, 0.5) is 5.69 Å². The van der Waals surface area contributed by atoms with Crippen molar-refractivity contribution >= 4 is 79.0 Å². The Morgan fingerprint density at radius 1 is 1.00 bits per heavy atom. The van der Waals surface area contributed by atoms with Gasteiger partial charge in [0.25, 0.3) is 5.91 Å². The Morgan fingerprint density at radius 3 is 2.26 bits per heavy atom. The second-order valence-corrected chi connectivity index (χ2v) is 9.54. The SMILES string of the molecule is CC(Cc1ccc(N2CC(=O)NS2(=O)=O)c(OCc2ccccc2)c1)C(=O)c1ccccc1.[KH]. The van der Waals surface area contributed by atoms with Crippen molar-refractivity contribution in [3.8, 4) is 5.75 Å². The van der Waals surface area contributed by atoms with Crippen molar-refractivity contribution in [2.75, 3.05) is 10.8 Å². The van der Waals surface area contributed by atoms with Crippen LogP contribution in [0, 0.1) is 5.92 Å². The van der Waals surface area contributed by atoms with E-state index in [4.69, 9.17) is 4.74 Å². The molecule has 1 aliphatic rings. The summed E-state index contributed by atoms with van der Waals surface area (Å²) in [6, 6.07) is 23.7. The molecule has 0 aromatic heterocycles. The molecule has 172 valence electrons. The molecule has 4 rings (SSSR count). The second kappa shape index (κ2) is 11.6. The molecule has 1 saturated heterocycles. The van der Waals surface area contributed by atoms with Crippen LogP contribution in [0.2, 0.25) is 0 Å². The monoisotopic (exact) mass is 504 g/mol. The minimum absolute atomic E-state index is 0. The van der Waals surface area contributed by atoms with E-state index in [9.17, 15) is 18.0 Å². The molecular formula is C25H25KN2O5S. The average molecular weight is 505 g/mol. The molecule has 1 aliphatic heterocycles. The predicted molar refractivity (Wildman–Crippen MR) is 132 cm³/mol. The Labute approximate surface area is 242 Å². The Balaban J connectivity index is 0.00000324. The second-order valence-electron chi connectivity index (χ2n) is 7.95. The van der Waals surface area contributed by atoms with Gasteiger partial charge in [-0.15, -0.1) is 0 Å². The third-order valence-electron chi connectivity index (χ3n) is 5.40. The number of carbonyl (C=O) groups excluding carboxylic acids is 2. The number of Topliss-reactive ketones (excluding diaryl/α,β-unsaturated/α-hetero) is 1. The normalized spacial score (nSPS) is 15.2. The van der Waals surface area contributed by atoms with Gasteiger partial charge in [0.05, 0.1) is 5.69 Å². The number of rotatable bonds is 8. The summed E-state index contributed by atoms with van der Waals surface area (Å²) in [4.78, 5) is 24.5. The van der Waals surface area contributed by atoms with Gasteiger partial charge in [0.2, 0.25) is 0 Å². The summed E-state index contributed by atoms with van der Waals surface area (Å²) in [7, 11) is -3.98. The van der Waals surface area contributed by atoms with Gasteiger partial charge in [0.1, 0.15) is 18.9 Å². The average Bonchev–Trinajstić information content (AvgIpc) is 3.10. The first-order valence-corrected chi connectivity index (χ1v) is 12.0. The summed E-state index contributed by atoms with van der Waals surface area (Å²) in [6.45, 7) is 1.78. The van der Waals surface area contributed by atoms with Crippen LogP contribution in [0.15, 0.2) is 78.9 Å². The number of carbonyl (C=O) groups is 2. The van der Waals surface area contributed by atoms with E-state index in [2.05, 4.69) is 0 Å². The molecule has 7 nitrogen and oxygen atoms in total. The molecule has 0 bridgehead atoms. The van der Waals surface area contributed by atoms with E-state index in [1.807, 2.05) is 60.2 Å². The molecule has 0 aliphatic carbocycles. The number of ketones is 1. The zero-order chi connectivity index (χ0) is 23.4. The van der Waals surface area contributed by atoms with E-state index in [1.165, 1.54) is 0 Å². The van der Waals surface area contributed by atoms with Crippen LogP contribution in [0.25, 0.3) is 0 Å². The van der Waals surface area contributed by atoms with Gasteiger partial charge in [0.15, 0.2) is 5.78 Å². The van der Waals surface area contributed by atoms with Gasteiger partial charge in [-0.25, -0.2) is 9.03 Å². The van der Waals surface area contributed by atoms with Crippen LogP contribution in [0.1, 0.15) is 28.4 Å². The Morgan fingerprint density at radius 2 is 1.65 bits per heavy atom. The van der Waals surface area contributed by atoms with E-state index < -0.39 is 16.1 Å². The fourth-order valence-corrected chi connectivity index (χ4v) is 4.90. The molecule has 3 aromatic carbocycles. The summed E-state index contributed by atoms with van der Waals surface area (Å²) in [6.07, 6.45) is 0.458. The van der Waals surface area contributed by atoms with E-state index in [-0.39, 0.29) is 81.9 Å². The number of hydrogen-bond donors (Lipinski definition) is 1. The first kappa shape index (κ1) is 26.6. The van der Waals surface area contributed by atoms with Crippen molar-refractivity contribution < 1.29 is 22.7 Å². The van der Waals surface area contributed by atoms with Crippen LogP contribution in [0.3, 0.4) is 0 Å². The molecule has 1 fully saturated rings. The maximum absolute atomic E-state index is 12.8. The number of hydrogen-bond acceptors (Lipinski definition) is 5. The molecule has 0 radical (unpaired) electrons. The Hall–Kier alpha value is -2.01. The molecule has 1 heterocycles. The number of benzene rings is 3. The van der Waals surface area contributed by atoms with E-state index in [0.717, 1.165) is 15.4 Å². The maximum atomic E-state index is 12.8. The molecule has 34 heavy (non-hydrogen) atoms. The molecular weight excluding hydrogens is 479 g/mol. The third kappa shape index (κ3) is 6.35. The van der Waals surface area contributed by atoms with Gasteiger partial charge in [0, 0.05) is 11.5 Å². The molecule has 3 aromatic rings. The molecule has 1 amide bonds. The first-order valence-electron chi connectivity index (χ1n) is 10.6. The molecule has 1 unspecified atom stereocenters. The quantitative estimate of drug-likeness (QED) is 0.376. The van der Waals surface area contributed by atoms with Crippen molar-refractivity contribution in [2.45, 2.75) is 20.0 Å². The van der Waals surface area contributed by atoms with Crippen LogP contribution in [-0.2, 0) is 28.0 Å². The van der Waals surface area contributed by atoms with Gasteiger partial charge in [-0.3, -0.25) is 9.59 Å². The van der Waals surface area contributed by atoms with Crippen molar-refractivity contribution in [2.24, 2.45) is 5.92 Å². The van der Waals surface area contributed by atoms with Crippen LogP contribution in [0.5, 0.6) is 5.75 Å². The van der Waals surface area contributed by atoms with Gasteiger partial charge < -0.3 is 4.74 Å². The Kier molecular flexibility index (Phi) is 9.08. The van der Waals surface area contributed by atoms with Gasteiger partial charge in [-0.2, -0.15) is 8.42 Å². The standard InChI is InChI=1S/C25H24N2O5S.K.H/c1-18(25(29)21-10-6-3-7-11-21)14-20-12-13-22(27-16-24(28)26-33(27,30)31)23(15-20)32-17-19-8-4-2-5-9-19;;/h2-13,15,18H,14,16-17H2,1H3,(H,26,28);;. The van der Waals surface area contributed by atoms with Crippen LogP contribution >= 0.6 is 0 Å². The molecule has 0 spiro atoms. The van der Waals surface area contributed by atoms with Crippen molar-refractivity contribution in [1.82, 2.24) is 4.72 Å². The van der Waals surface area contributed by atoms with Crippen LogP contribution in [-0.4, -0.2) is 78.0 Å². The fraction of sp³-hybridized carbons (Fsp3) is 0.200. The van der Waals surface area contributed by atoms with E-state index in [0.29, 0.717) is 17.7 Å². The van der Waals surface area contributed by atoms with Gasteiger partial charge in [-0.05, 0) is 29.7 Å². The number of nitrogens with zero attached hydrogens (tertiary/aromatic N) is 1. The number of nitrogens with one attached hydrogen (secondary N) is 1. The zero-order valence-corrected chi connectivity index (χ0v) is 18.9. The first-order chi connectivity index (χ1) is 15.8. The Bertz CT molecular complexity index is 1270. The zero-order valence-electron chi connectivity index (χ0n) is 18.1. The van der Waals surface area contributed by atoms with E-state index in [1.54, 1.807) is 30.3 Å². The number of ether oxygens (including phenoxy) is 1. The topological polar surface area (TPSA) is 92.8 Å². The summed E-state index contributed by atoms with van der Waals surface area (Å²) < 4.78 is 33.8. The summed E-state index contributed by atoms with van der Waals surface area (Å²) >= 11 is 0. The number of amides is 1. The van der Waals surface area contributed by atoms with Crippen molar-refractivity contribution in [3.63, 3.8) is 0 Å². The van der Waals surface area contributed by atoms with Gasteiger partial charge >= 0.3 is 61.6 Å². The number of anilines is 1. The molecule has 0 saturated carbocycles. The van der Waals surface area contributed by atoms with E-state index >= 15 is 0 Å². The minimum atomic E-state index is -3.98. The fourth-order valence-electron chi connectivity index (χ4n) is 3.74. The summed E-state index contributed by atoms with van der Waals surface area (Å²) in [5.74, 6) is -0.520. The summed E-state index contributed by atoms with van der Waals surface area (Å²) in [5, 5.41) is 0. The molecule has 1 atom stereocenters. The summed E-state index contributed by atoms with van der Waals surface area (Å²) in [5.41, 5.74) is 2.67. The predicted octanol–water partition coefficient (Wildman–Crippen LogP) is 2.86. The van der Waals surface area contributed by atoms with Gasteiger partial charge in [-0.1, -0.05) is 73.7 Å². The molecule has 9 heteroatoms. The van der Waals surface area contributed by atoms with Crippen molar-refractivity contribution in [1.29, 1.82) is 0 Å². The third-order valence-corrected chi connectivity index (χ3v) is 6.79. The van der Waals surface area contributed by atoms with Crippen molar-refractivity contribution in [3.05, 3.63) is 95.6 Å². The molecule has 1 N–H and O–H groups in total. The van der Waals surface area contributed by atoms with Crippen LogP contribution < -0.4 is 13.8 Å².